The Morgan fingerprint density at radius 2 is 1.20 bits per heavy atom. The van der Waals surface area contributed by atoms with E-state index in [0.29, 0.717) is 39.9 Å². The largest absolute Gasteiger partial charge is 0.294 e. The molecule has 0 aliphatic heterocycles. The number of halogens is 2. The van der Waals surface area contributed by atoms with E-state index in [-0.39, 0.29) is 17.0 Å². The maximum Gasteiger partial charge on any atom is 0.162 e. The molecule has 5 heteroatoms. The SMILES string of the molecule is Fc1ccc2c(c1)c1cc(-c3ccc4c(c3)-c3ccccc3C43C4CC5CC(C4)CC3C5)c(F)cc1n2-c1cc(-c2ccc3ccccc3c2)nc(-c2ccccc2)n1. The Bertz CT molecular complexity index is 3190. The van der Waals surface area contributed by atoms with E-state index in [2.05, 4.69) is 72.8 Å². The summed E-state index contributed by atoms with van der Waals surface area (Å²) in [4.78, 5) is 10.2. The van der Waals surface area contributed by atoms with Gasteiger partial charge in [-0.3, -0.25) is 4.57 Å². The number of hydrogen-bond acceptors (Lipinski definition) is 2. The van der Waals surface area contributed by atoms with E-state index >= 15 is 8.78 Å². The zero-order valence-electron chi connectivity index (χ0n) is 32.4. The van der Waals surface area contributed by atoms with Crippen molar-refractivity contribution in [2.24, 2.45) is 23.7 Å². The summed E-state index contributed by atoms with van der Waals surface area (Å²) in [6, 6.07) is 50.6. The van der Waals surface area contributed by atoms with Crippen LogP contribution in [0.5, 0.6) is 0 Å². The lowest BCUT2D eigenvalue weighted by Gasteiger charge is -2.61. The van der Waals surface area contributed by atoms with Crippen LogP contribution >= 0.6 is 0 Å². The first-order chi connectivity index (χ1) is 29.0. The fraction of sp³-hybridized carbons (Fsp3) is 0.185. The number of hydrogen-bond donors (Lipinski definition) is 0. The van der Waals surface area contributed by atoms with Gasteiger partial charge in [0, 0.05) is 38.9 Å². The first kappa shape index (κ1) is 33.5. The van der Waals surface area contributed by atoms with Crippen LogP contribution in [0.3, 0.4) is 0 Å². The fourth-order valence-electron chi connectivity index (χ4n) is 12.6. The van der Waals surface area contributed by atoms with E-state index in [1.165, 1.54) is 60.4 Å². The van der Waals surface area contributed by atoms with Crippen LogP contribution in [0.1, 0.15) is 43.2 Å². The van der Waals surface area contributed by atoms with E-state index in [0.717, 1.165) is 55.9 Å². The maximum atomic E-state index is 17.1. The summed E-state index contributed by atoms with van der Waals surface area (Å²) in [6.07, 6.45) is 6.68. The van der Waals surface area contributed by atoms with Crippen molar-refractivity contribution in [2.75, 3.05) is 0 Å². The summed E-state index contributed by atoms with van der Waals surface area (Å²) in [5.74, 6) is 3.51. The molecule has 5 aliphatic rings. The number of aromatic nitrogens is 3. The van der Waals surface area contributed by atoms with Crippen molar-refractivity contribution in [3.63, 3.8) is 0 Å². The van der Waals surface area contributed by atoms with Gasteiger partial charge in [-0.1, -0.05) is 103 Å². The molecule has 0 N–H and O–H groups in total. The molecule has 3 nitrogen and oxygen atoms in total. The monoisotopic (exact) mass is 767 g/mol. The zero-order valence-corrected chi connectivity index (χ0v) is 32.4. The Hall–Kier alpha value is -6.46. The summed E-state index contributed by atoms with van der Waals surface area (Å²) in [5.41, 5.74) is 10.8. The highest BCUT2D eigenvalue weighted by atomic mass is 19.1. The van der Waals surface area contributed by atoms with Crippen molar-refractivity contribution in [1.82, 2.24) is 14.5 Å². The molecule has 0 amide bonds. The molecule has 9 aromatic rings. The average Bonchev–Trinajstić information content (AvgIpc) is 3.74. The quantitative estimate of drug-likeness (QED) is 0.179. The van der Waals surface area contributed by atoms with Crippen LogP contribution in [-0.2, 0) is 5.41 Å². The highest BCUT2D eigenvalue weighted by Crippen LogP contribution is 2.69. The molecule has 4 bridgehead atoms. The van der Waals surface area contributed by atoms with Gasteiger partial charge in [-0.2, -0.15) is 0 Å². The predicted octanol–water partition coefficient (Wildman–Crippen LogP) is 13.7. The molecule has 5 aliphatic carbocycles. The van der Waals surface area contributed by atoms with Gasteiger partial charge in [0.25, 0.3) is 0 Å². The summed E-state index contributed by atoms with van der Waals surface area (Å²) in [5, 5.41) is 3.72. The Kier molecular flexibility index (Phi) is 6.97. The molecule has 2 aromatic heterocycles. The van der Waals surface area contributed by atoms with Crippen LogP contribution in [-0.4, -0.2) is 14.5 Å². The second kappa shape index (κ2) is 12.3. The second-order valence-corrected chi connectivity index (χ2v) is 17.7. The average molecular weight is 768 g/mol. The molecule has 4 fully saturated rings. The lowest BCUT2D eigenvalue weighted by molar-refractivity contribution is -0.0399. The van der Waals surface area contributed by atoms with Crippen LogP contribution in [0.2, 0.25) is 0 Å². The smallest absolute Gasteiger partial charge is 0.162 e. The third kappa shape index (κ3) is 4.79. The summed E-state index contributed by atoms with van der Waals surface area (Å²) in [6.45, 7) is 0. The third-order valence-electron chi connectivity index (χ3n) is 14.7. The van der Waals surface area contributed by atoms with Gasteiger partial charge in [-0.05, 0) is 137 Å². The van der Waals surface area contributed by atoms with Gasteiger partial charge in [0.05, 0.1) is 16.7 Å². The Balaban J connectivity index is 1.00. The molecule has 0 atom stereocenters. The molecular weight excluding hydrogens is 729 g/mol. The van der Waals surface area contributed by atoms with E-state index < -0.39 is 0 Å². The van der Waals surface area contributed by atoms with Gasteiger partial charge in [0.15, 0.2) is 5.82 Å². The van der Waals surface area contributed by atoms with Crippen LogP contribution < -0.4 is 0 Å². The Morgan fingerprint density at radius 1 is 0.492 bits per heavy atom. The predicted molar refractivity (Wildman–Crippen MR) is 233 cm³/mol. The minimum atomic E-state index is -0.345. The van der Waals surface area contributed by atoms with Gasteiger partial charge in [-0.25, -0.2) is 18.7 Å². The minimum Gasteiger partial charge on any atom is -0.294 e. The van der Waals surface area contributed by atoms with E-state index in [4.69, 9.17) is 9.97 Å². The highest BCUT2D eigenvalue weighted by Gasteiger charge is 2.61. The van der Waals surface area contributed by atoms with Crippen molar-refractivity contribution >= 4 is 32.6 Å². The topological polar surface area (TPSA) is 30.7 Å². The van der Waals surface area contributed by atoms with Crippen LogP contribution in [0.25, 0.3) is 83.3 Å². The van der Waals surface area contributed by atoms with Crippen molar-refractivity contribution in [3.05, 3.63) is 174 Å². The van der Waals surface area contributed by atoms with Crippen molar-refractivity contribution < 1.29 is 8.78 Å². The van der Waals surface area contributed by atoms with Gasteiger partial charge in [0.2, 0.25) is 0 Å². The van der Waals surface area contributed by atoms with E-state index in [9.17, 15) is 0 Å². The Labute approximate surface area is 341 Å². The zero-order chi connectivity index (χ0) is 39.0. The van der Waals surface area contributed by atoms with Crippen molar-refractivity contribution in [1.29, 1.82) is 0 Å². The number of fused-ring (bicyclic) bond motifs is 7. The summed E-state index contributed by atoms with van der Waals surface area (Å²) in [7, 11) is 0. The fourth-order valence-corrected chi connectivity index (χ4v) is 12.6. The number of benzene rings is 7. The Morgan fingerprint density at radius 3 is 2.03 bits per heavy atom. The van der Waals surface area contributed by atoms with E-state index in [1.54, 1.807) is 18.2 Å². The van der Waals surface area contributed by atoms with Gasteiger partial charge in [-0.15, -0.1) is 0 Å². The lowest BCUT2D eigenvalue weighted by Crippen LogP contribution is -2.55. The molecule has 0 unspecified atom stereocenters. The molecule has 7 aromatic carbocycles. The molecule has 2 heterocycles. The molecule has 14 rings (SSSR count). The molecule has 0 radical (unpaired) electrons. The first-order valence-electron chi connectivity index (χ1n) is 21.1. The molecule has 284 valence electrons. The maximum absolute atomic E-state index is 17.1. The van der Waals surface area contributed by atoms with Gasteiger partial charge >= 0.3 is 0 Å². The minimum absolute atomic E-state index is 0.0488. The standard InChI is InChI=1S/C54H39F2N3/c55-40-17-19-50-44(27-40)45-28-42(36-16-18-47-43(26-36)41-12-6-7-13-46(41)54(47)38-21-31-20-32(23-38)24-39(54)22-31)48(56)29-51(45)59(50)52-30-49(57-53(58-52)34-9-2-1-3-10-34)37-15-14-33-8-4-5-11-35(33)25-37/h1-19,25-32,38-39H,20-24H2. The van der Waals surface area contributed by atoms with Gasteiger partial charge in [0.1, 0.15) is 17.5 Å². The first-order valence-corrected chi connectivity index (χ1v) is 21.1. The van der Waals surface area contributed by atoms with Crippen LogP contribution in [0.15, 0.2) is 152 Å². The molecule has 1 spiro atoms. The normalized spacial score (nSPS) is 22.5. The van der Waals surface area contributed by atoms with Gasteiger partial charge < -0.3 is 0 Å². The summed E-state index contributed by atoms with van der Waals surface area (Å²) < 4.78 is 34.3. The highest BCUT2D eigenvalue weighted by molar-refractivity contribution is 6.10. The van der Waals surface area contributed by atoms with Crippen molar-refractivity contribution in [3.8, 4) is 50.7 Å². The third-order valence-corrected chi connectivity index (χ3v) is 14.7. The molecular formula is C54H39F2N3. The molecule has 4 saturated carbocycles. The molecule has 0 saturated heterocycles. The second-order valence-electron chi connectivity index (χ2n) is 17.7. The van der Waals surface area contributed by atoms with E-state index in [1.807, 2.05) is 59.2 Å². The number of rotatable bonds is 4. The van der Waals surface area contributed by atoms with Crippen molar-refractivity contribution in [2.45, 2.75) is 37.5 Å². The lowest BCUT2D eigenvalue weighted by atomic mass is 9.43. The summed E-state index contributed by atoms with van der Waals surface area (Å²) >= 11 is 0. The van der Waals surface area contributed by atoms with Crippen LogP contribution in [0.4, 0.5) is 8.78 Å². The van der Waals surface area contributed by atoms with Crippen LogP contribution in [0, 0.1) is 35.3 Å². The number of nitrogens with zero attached hydrogens (tertiary/aromatic N) is 3. The molecule has 59 heavy (non-hydrogen) atoms.